The van der Waals surface area contributed by atoms with E-state index < -0.39 is 10.0 Å². The summed E-state index contributed by atoms with van der Waals surface area (Å²) >= 11 is 0. The number of aryl methyl sites for hydroxylation is 1. The van der Waals surface area contributed by atoms with E-state index in [1.54, 1.807) is 30.1 Å². The molecule has 0 amide bonds. The molecule has 1 aromatic carbocycles. The maximum absolute atomic E-state index is 11.5. The van der Waals surface area contributed by atoms with E-state index in [0.717, 1.165) is 5.69 Å². The molecule has 5 N–H and O–H groups in total. The largest absolute Gasteiger partial charge is 0.399 e. The first-order valence-electron chi connectivity index (χ1n) is 5.51. The monoisotopic (exact) mass is 281 g/mol. The molecule has 2 rings (SSSR count). The normalized spacial score (nSPS) is 11.5. The fourth-order valence-corrected chi connectivity index (χ4v) is 2.43. The van der Waals surface area contributed by atoms with Gasteiger partial charge in [0.05, 0.1) is 17.9 Å². The topological polar surface area (TPSA) is 116 Å². The number of benzene rings is 1. The molecular formula is C11H15N5O2S. The van der Waals surface area contributed by atoms with Gasteiger partial charge in [-0.25, -0.2) is 13.6 Å². The van der Waals surface area contributed by atoms with Crippen molar-refractivity contribution >= 4 is 21.4 Å². The van der Waals surface area contributed by atoms with Crippen molar-refractivity contribution in [3.05, 3.63) is 36.2 Å². The van der Waals surface area contributed by atoms with Crippen LogP contribution in [0, 0.1) is 0 Å². The maximum atomic E-state index is 11.5. The summed E-state index contributed by atoms with van der Waals surface area (Å²) in [7, 11) is -2.02. The fraction of sp³-hybridized carbons (Fsp3) is 0.182. The summed E-state index contributed by atoms with van der Waals surface area (Å²) in [6, 6.07) is 6.37. The Balaban J connectivity index is 2.28. The number of rotatable bonds is 4. The van der Waals surface area contributed by atoms with Crippen molar-refractivity contribution in [1.29, 1.82) is 0 Å². The summed E-state index contributed by atoms with van der Waals surface area (Å²) in [5, 5.41) is 12.2. The van der Waals surface area contributed by atoms with Gasteiger partial charge in [0.15, 0.2) is 0 Å². The van der Waals surface area contributed by atoms with Gasteiger partial charge in [0.1, 0.15) is 4.90 Å². The molecule has 19 heavy (non-hydrogen) atoms. The molecule has 7 nitrogen and oxygen atoms in total. The molecule has 0 unspecified atom stereocenters. The Labute approximate surface area is 111 Å². The molecular weight excluding hydrogens is 266 g/mol. The average Bonchev–Trinajstić information content (AvgIpc) is 2.72. The highest BCUT2D eigenvalue weighted by molar-refractivity contribution is 7.89. The predicted molar refractivity (Wildman–Crippen MR) is 72.8 cm³/mol. The molecule has 0 saturated heterocycles. The van der Waals surface area contributed by atoms with Crippen LogP contribution in [0.4, 0.5) is 11.4 Å². The van der Waals surface area contributed by atoms with Gasteiger partial charge in [0, 0.05) is 18.9 Å². The van der Waals surface area contributed by atoms with Gasteiger partial charge in [-0.1, -0.05) is 0 Å². The highest BCUT2D eigenvalue weighted by Gasteiger charge is 2.14. The van der Waals surface area contributed by atoms with Crippen LogP contribution in [0.5, 0.6) is 0 Å². The summed E-state index contributed by atoms with van der Waals surface area (Å²) < 4.78 is 24.7. The van der Waals surface area contributed by atoms with Crippen LogP contribution in [0.15, 0.2) is 35.4 Å². The molecule has 0 fully saturated rings. The van der Waals surface area contributed by atoms with Crippen molar-refractivity contribution in [3.8, 4) is 0 Å². The molecule has 1 aromatic heterocycles. The summed E-state index contributed by atoms with van der Waals surface area (Å²) in [6.45, 7) is 0.433. The van der Waals surface area contributed by atoms with Crippen molar-refractivity contribution in [2.45, 2.75) is 11.4 Å². The van der Waals surface area contributed by atoms with E-state index in [1.807, 2.05) is 6.07 Å². The first-order valence-corrected chi connectivity index (χ1v) is 7.05. The van der Waals surface area contributed by atoms with Gasteiger partial charge in [0.2, 0.25) is 10.0 Å². The van der Waals surface area contributed by atoms with Crippen LogP contribution in [0.25, 0.3) is 0 Å². The third kappa shape index (κ3) is 3.04. The Kier molecular flexibility index (Phi) is 3.45. The SMILES string of the molecule is Cn1nccc1CNc1ccc(N)cc1S(N)(=O)=O. The van der Waals surface area contributed by atoms with Crippen molar-refractivity contribution in [2.75, 3.05) is 11.1 Å². The summed E-state index contributed by atoms with van der Waals surface area (Å²) in [6.07, 6.45) is 1.67. The molecule has 8 heteroatoms. The number of sulfonamides is 1. The number of nitrogens with two attached hydrogens (primary N) is 2. The molecule has 0 aliphatic heterocycles. The van der Waals surface area contributed by atoms with E-state index in [0.29, 0.717) is 17.9 Å². The zero-order valence-electron chi connectivity index (χ0n) is 10.4. The maximum Gasteiger partial charge on any atom is 0.240 e. The minimum absolute atomic E-state index is 0.0188. The highest BCUT2D eigenvalue weighted by Crippen LogP contribution is 2.23. The number of aromatic nitrogens is 2. The average molecular weight is 281 g/mol. The Morgan fingerprint density at radius 3 is 2.68 bits per heavy atom. The van der Waals surface area contributed by atoms with Gasteiger partial charge < -0.3 is 11.1 Å². The molecule has 0 aliphatic carbocycles. The Hall–Kier alpha value is -2.06. The second-order valence-electron chi connectivity index (χ2n) is 4.10. The van der Waals surface area contributed by atoms with E-state index in [2.05, 4.69) is 10.4 Å². The second-order valence-corrected chi connectivity index (χ2v) is 5.63. The molecule has 0 saturated carbocycles. The van der Waals surface area contributed by atoms with Crippen molar-refractivity contribution in [2.24, 2.45) is 12.2 Å². The summed E-state index contributed by atoms with van der Waals surface area (Å²) in [4.78, 5) is -0.0188. The van der Waals surface area contributed by atoms with E-state index in [1.165, 1.54) is 6.07 Å². The van der Waals surface area contributed by atoms with Crippen LogP contribution in [0.3, 0.4) is 0 Å². The lowest BCUT2D eigenvalue weighted by Gasteiger charge is -2.11. The van der Waals surface area contributed by atoms with Crippen LogP contribution in [-0.4, -0.2) is 18.2 Å². The molecule has 0 spiro atoms. The van der Waals surface area contributed by atoms with Gasteiger partial charge in [0.25, 0.3) is 0 Å². The first-order chi connectivity index (χ1) is 8.88. The number of nitrogen functional groups attached to an aromatic ring is 1. The van der Waals surface area contributed by atoms with E-state index in [4.69, 9.17) is 10.9 Å². The Morgan fingerprint density at radius 1 is 1.37 bits per heavy atom. The van der Waals surface area contributed by atoms with Gasteiger partial charge in [-0.3, -0.25) is 4.68 Å². The van der Waals surface area contributed by atoms with E-state index in [9.17, 15) is 8.42 Å². The van der Waals surface area contributed by atoms with Crippen LogP contribution in [0.1, 0.15) is 5.69 Å². The van der Waals surface area contributed by atoms with Crippen LogP contribution < -0.4 is 16.2 Å². The molecule has 0 atom stereocenters. The number of nitrogens with zero attached hydrogens (tertiary/aromatic N) is 2. The third-order valence-electron chi connectivity index (χ3n) is 2.69. The van der Waals surface area contributed by atoms with Gasteiger partial charge in [-0.15, -0.1) is 0 Å². The number of hydrogen-bond donors (Lipinski definition) is 3. The van der Waals surface area contributed by atoms with Crippen LogP contribution in [-0.2, 0) is 23.6 Å². The van der Waals surface area contributed by atoms with Crippen molar-refractivity contribution in [3.63, 3.8) is 0 Å². The van der Waals surface area contributed by atoms with Crippen molar-refractivity contribution < 1.29 is 8.42 Å². The highest BCUT2D eigenvalue weighted by atomic mass is 32.2. The molecule has 0 radical (unpaired) electrons. The Bertz CT molecular complexity index is 693. The first kappa shape index (κ1) is 13.4. The molecule has 2 aromatic rings. The standard InChI is InChI=1S/C11H15N5O2S/c1-16-9(4-5-15-16)7-14-10-3-2-8(12)6-11(10)19(13,17)18/h2-6,14H,7,12H2,1H3,(H2,13,17,18). The van der Waals surface area contributed by atoms with Crippen LogP contribution >= 0.6 is 0 Å². The second kappa shape index (κ2) is 4.90. The molecule has 0 bridgehead atoms. The molecule has 102 valence electrons. The van der Waals surface area contributed by atoms with E-state index in [-0.39, 0.29) is 4.90 Å². The predicted octanol–water partition coefficient (Wildman–Crippen LogP) is 0.262. The Morgan fingerprint density at radius 2 is 2.11 bits per heavy atom. The van der Waals surface area contributed by atoms with E-state index >= 15 is 0 Å². The number of anilines is 2. The van der Waals surface area contributed by atoms with Gasteiger partial charge >= 0.3 is 0 Å². The number of primary sulfonamides is 1. The van der Waals surface area contributed by atoms with Gasteiger partial charge in [-0.05, 0) is 24.3 Å². The molecule has 1 heterocycles. The smallest absolute Gasteiger partial charge is 0.240 e. The molecule has 0 aliphatic rings. The van der Waals surface area contributed by atoms with Crippen molar-refractivity contribution in [1.82, 2.24) is 9.78 Å². The summed E-state index contributed by atoms with van der Waals surface area (Å²) in [5.74, 6) is 0. The fourth-order valence-electron chi connectivity index (χ4n) is 1.68. The minimum Gasteiger partial charge on any atom is -0.399 e. The zero-order valence-corrected chi connectivity index (χ0v) is 11.2. The number of nitrogens with one attached hydrogen (secondary N) is 1. The lowest BCUT2D eigenvalue weighted by molar-refractivity contribution is 0.598. The lowest BCUT2D eigenvalue weighted by atomic mass is 10.2. The van der Waals surface area contributed by atoms with Gasteiger partial charge in [-0.2, -0.15) is 5.10 Å². The third-order valence-corrected chi connectivity index (χ3v) is 3.65. The van der Waals surface area contributed by atoms with Crippen LogP contribution in [0.2, 0.25) is 0 Å². The quantitative estimate of drug-likeness (QED) is 0.695. The summed E-state index contributed by atoms with van der Waals surface area (Å²) in [5.41, 5.74) is 7.25. The number of hydrogen-bond acceptors (Lipinski definition) is 5. The zero-order chi connectivity index (χ0) is 14.0. The lowest BCUT2D eigenvalue weighted by Crippen LogP contribution is -2.16. The minimum atomic E-state index is -3.82.